The van der Waals surface area contributed by atoms with E-state index in [0.717, 1.165) is 5.56 Å². The van der Waals surface area contributed by atoms with E-state index in [1.807, 2.05) is 0 Å². The van der Waals surface area contributed by atoms with E-state index in [1.54, 1.807) is 12.1 Å². The van der Waals surface area contributed by atoms with Gasteiger partial charge in [0.1, 0.15) is 23.0 Å². The fourth-order valence-electron chi connectivity index (χ4n) is 2.44. The normalized spacial score (nSPS) is 10.2. The summed E-state index contributed by atoms with van der Waals surface area (Å²) in [4.78, 5) is 34.4. The van der Waals surface area contributed by atoms with Crippen LogP contribution < -0.4 is 26.3 Å². The lowest BCUT2D eigenvalue weighted by Gasteiger charge is -2.16. The van der Waals surface area contributed by atoms with Gasteiger partial charge in [-0.15, -0.1) is 0 Å². The number of nitrogen functional groups attached to an aromatic ring is 2. The van der Waals surface area contributed by atoms with E-state index in [1.165, 1.54) is 20.4 Å². The summed E-state index contributed by atoms with van der Waals surface area (Å²) >= 11 is 0. The zero-order valence-corrected chi connectivity index (χ0v) is 15.4. The molecule has 0 aliphatic heterocycles. The Kier molecular flexibility index (Phi) is 6.93. The number of carbonyl (C=O) groups excluding carboxylic acids is 2. The molecule has 0 spiro atoms. The standard InChI is InChI=1S/C17H21N5O6/c1-26-11-6-9(5-10-8-20-17(19)22-16(10)18)7-12(27-2)15(11)21-13(23)3-4-14(24)28-25/h6-8,25H,3-5H2,1-2H3,(H,21,23)(H4,18,19,20,22). The number of nitrogens with one attached hydrogen (secondary N) is 1. The van der Waals surface area contributed by atoms with Gasteiger partial charge in [-0.1, -0.05) is 0 Å². The Balaban J connectivity index is 2.25. The second kappa shape index (κ2) is 9.37. The molecule has 11 heteroatoms. The van der Waals surface area contributed by atoms with E-state index >= 15 is 0 Å². The Morgan fingerprint density at radius 3 is 2.32 bits per heavy atom. The van der Waals surface area contributed by atoms with Crippen LogP contribution in [0.3, 0.4) is 0 Å². The molecule has 0 fully saturated rings. The van der Waals surface area contributed by atoms with Gasteiger partial charge in [0.05, 0.1) is 20.6 Å². The summed E-state index contributed by atoms with van der Waals surface area (Å²) in [7, 11) is 2.88. The molecule has 6 N–H and O–H groups in total. The maximum atomic E-state index is 12.1. The van der Waals surface area contributed by atoms with Crippen LogP contribution in [0.2, 0.25) is 0 Å². The fraction of sp³-hybridized carbons (Fsp3) is 0.294. The summed E-state index contributed by atoms with van der Waals surface area (Å²) in [6.07, 6.45) is 1.45. The number of methoxy groups -OCH3 is 2. The maximum Gasteiger partial charge on any atom is 0.342 e. The number of ether oxygens (including phenoxy) is 2. The third-order valence-corrected chi connectivity index (χ3v) is 3.80. The molecule has 1 aromatic carbocycles. The number of amides is 1. The van der Waals surface area contributed by atoms with E-state index in [9.17, 15) is 9.59 Å². The average molecular weight is 391 g/mol. The van der Waals surface area contributed by atoms with E-state index in [0.29, 0.717) is 29.2 Å². The van der Waals surface area contributed by atoms with Crippen molar-refractivity contribution in [3.8, 4) is 11.5 Å². The number of carbonyl (C=O) groups is 2. The van der Waals surface area contributed by atoms with Crippen LogP contribution >= 0.6 is 0 Å². The minimum absolute atomic E-state index is 0.0829. The van der Waals surface area contributed by atoms with Crippen LogP contribution in [0.4, 0.5) is 17.5 Å². The molecule has 11 nitrogen and oxygen atoms in total. The van der Waals surface area contributed by atoms with E-state index in [2.05, 4.69) is 20.2 Å². The number of hydrogen-bond acceptors (Lipinski definition) is 10. The first-order valence-corrected chi connectivity index (χ1v) is 8.13. The second-order valence-electron chi connectivity index (χ2n) is 5.70. The van der Waals surface area contributed by atoms with Crippen molar-refractivity contribution in [2.75, 3.05) is 31.0 Å². The van der Waals surface area contributed by atoms with Crippen molar-refractivity contribution in [1.82, 2.24) is 9.97 Å². The number of anilines is 3. The molecule has 0 bridgehead atoms. The largest absolute Gasteiger partial charge is 0.494 e. The van der Waals surface area contributed by atoms with Gasteiger partial charge >= 0.3 is 5.97 Å². The molecule has 2 aromatic rings. The zero-order valence-electron chi connectivity index (χ0n) is 15.4. The number of benzene rings is 1. The first-order chi connectivity index (χ1) is 13.4. The van der Waals surface area contributed by atoms with Crippen molar-refractivity contribution in [3.05, 3.63) is 29.5 Å². The van der Waals surface area contributed by atoms with Gasteiger partial charge in [0.25, 0.3) is 0 Å². The fourth-order valence-corrected chi connectivity index (χ4v) is 2.44. The van der Waals surface area contributed by atoms with Gasteiger partial charge in [-0.05, 0) is 17.7 Å². The topological polar surface area (TPSA) is 172 Å². The quantitative estimate of drug-likeness (QED) is 0.375. The van der Waals surface area contributed by atoms with E-state index in [4.69, 9.17) is 26.2 Å². The summed E-state index contributed by atoms with van der Waals surface area (Å²) in [5.41, 5.74) is 13.1. The molecule has 150 valence electrons. The van der Waals surface area contributed by atoms with Crippen LogP contribution in [0.5, 0.6) is 11.5 Å². The smallest absolute Gasteiger partial charge is 0.342 e. The van der Waals surface area contributed by atoms with Crippen molar-refractivity contribution >= 4 is 29.3 Å². The summed E-state index contributed by atoms with van der Waals surface area (Å²) in [5, 5.41) is 10.9. The minimum atomic E-state index is -0.910. The number of hydrogen-bond donors (Lipinski definition) is 4. The van der Waals surface area contributed by atoms with Crippen LogP contribution in [-0.4, -0.2) is 41.3 Å². The number of nitrogens with zero attached hydrogens (tertiary/aromatic N) is 2. The molecule has 28 heavy (non-hydrogen) atoms. The third kappa shape index (κ3) is 5.20. The molecule has 1 heterocycles. The number of aromatic nitrogens is 2. The van der Waals surface area contributed by atoms with Crippen LogP contribution in [0.1, 0.15) is 24.0 Å². The molecule has 0 atom stereocenters. The summed E-state index contributed by atoms with van der Waals surface area (Å²) in [6, 6.07) is 3.41. The van der Waals surface area contributed by atoms with Crippen molar-refractivity contribution in [2.24, 2.45) is 0 Å². The Bertz CT molecular complexity index is 848. The van der Waals surface area contributed by atoms with Crippen molar-refractivity contribution in [3.63, 3.8) is 0 Å². The van der Waals surface area contributed by atoms with Crippen molar-refractivity contribution in [2.45, 2.75) is 19.3 Å². The van der Waals surface area contributed by atoms with Gasteiger partial charge in [-0.3, -0.25) is 4.79 Å². The molecule has 0 aliphatic carbocycles. The molecular formula is C17H21N5O6. The highest BCUT2D eigenvalue weighted by atomic mass is 17.1. The molecule has 0 saturated carbocycles. The van der Waals surface area contributed by atoms with E-state index in [-0.39, 0.29) is 24.6 Å². The SMILES string of the molecule is COc1cc(Cc2cnc(N)nc2N)cc(OC)c1NC(=O)CCC(=O)OO. The Hall–Kier alpha value is -3.60. The lowest BCUT2D eigenvalue weighted by molar-refractivity contribution is -0.234. The van der Waals surface area contributed by atoms with Gasteiger partial charge in [0.15, 0.2) is 0 Å². The molecule has 0 radical (unpaired) electrons. The van der Waals surface area contributed by atoms with Gasteiger partial charge in [-0.2, -0.15) is 10.2 Å². The van der Waals surface area contributed by atoms with Crippen LogP contribution in [0.25, 0.3) is 0 Å². The number of rotatable bonds is 8. The summed E-state index contributed by atoms with van der Waals surface area (Å²) in [6.45, 7) is 0. The van der Waals surface area contributed by atoms with Crippen LogP contribution in [0, 0.1) is 0 Å². The van der Waals surface area contributed by atoms with Gasteiger partial charge in [0, 0.05) is 24.6 Å². The molecular weight excluding hydrogens is 370 g/mol. The monoisotopic (exact) mass is 391 g/mol. The Labute approximate surface area is 160 Å². The summed E-state index contributed by atoms with van der Waals surface area (Å²) in [5.74, 6) is -0.346. The Morgan fingerprint density at radius 1 is 1.14 bits per heavy atom. The first kappa shape index (κ1) is 20.7. The third-order valence-electron chi connectivity index (χ3n) is 3.80. The Morgan fingerprint density at radius 2 is 1.79 bits per heavy atom. The highest BCUT2D eigenvalue weighted by Gasteiger charge is 2.17. The van der Waals surface area contributed by atoms with Gasteiger partial charge in [-0.25, -0.2) is 9.78 Å². The molecule has 0 unspecified atom stereocenters. The van der Waals surface area contributed by atoms with Crippen LogP contribution in [0.15, 0.2) is 18.3 Å². The highest BCUT2D eigenvalue weighted by Crippen LogP contribution is 2.37. The molecule has 1 aromatic heterocycles. The molecule has 1 amide bonds. The van der Waals surface area contributed by atoms with E-state index < -0.39 is 11.9 Å². The predicted molar refractivity (Wildman–Crippen MR) is 99.8 cm³/mol. The average Bonchev–Trinajstić information content (AvgIpc) is 2.68. The van der Waals surface area contributed by atoms with Gasteiger partial charge < -0.3 is 31.1 Å². The van der Waals surface area contributed by atoms with Gasteiger partial charge in [0.2, 0.25) is 11.9 Å². The molecule has 0 aliphatic rings. The predicted octanol–water partition coefficient (Wildman–Crippen LogP) is 0.984. The lowest BCUT2D eigenvalue weighted by Crippen LogP contribution is -2.15. The lowest BCUT2D eigenvalue weighted by atomic mass is 10.0. The zero-order chi connectivity index (χ0) is 20.7. The molecule has 2 rings (SSSR count). The number of nitrogens with two attached hydrogens (primary N) is 2. The second-order valence-corrected chi connectivity index (χ2v) is 5.70. The first-order valence-electron chi connectivity index (χ1n) is 8.13. The maximum absolute atomic E-state index is 12.1. The van der Waals surface area contributed by atoms with Crippen LogP contribution in [-0.2, 0) is 20.9 Å². The summed E-state index contributed by atoms with van der Waals surface area (Å²) < 4.78 is 10.7. The van der Waals surface area contributed by atoms with Crippen molar-refractivity contribution < 1.29 is 29.2 Å². The van der Waals surface area contributed by atoms with Crippen molar-refractivity contribution in [1.29, 1.82) is 0 Å². The minimum Gasteiger partial charge on any atom is -0.494 e. The molecule has 0 saturated heterocycles. The highest BCUT2D eigenvalue weighted by molar-refractivity contribution is 5.95.